The van der Waals surface area contributed by atoms with Gasteiger partial charge in [-0.25, -0.2) is 0 Å². The van der Waals surface area contributed by atoms with Crippen molar-refractivity contribution in [2.75, 3.05) is 4.90 Å². The monoisotopic (exact) mass is 251 g/mol. The molecule has 0 saturated heterocycles. The lowest BCUT2D eigenvalue weighted by Crippen LogP contribution is -2.22. The zero-order valence-electron chi connectivity index (χ0n) is 10.3. The molecule has 3 rings (SSSR count). The van der Waals surface area contributed by atoms with Crippen LogP contribution in [-0.2, 0) is 11.3 Å². The minimum absolute atomic E-state index is 0.328. The number of fused-ring (bicyclic) bond motifs is 1. The number of rotatable bonds is 3. The lowest BCUT2D eigenvalue weighted by atomic mass is 10.2. The van der Waals surface area contributed by atoms with Crippen molar-refractivity contribution in [3.8, 4) is 5.75 Å². The Morgan fingerprint density at radius 3 is 2.53 bits per heavy atom. The number of para-hydroxylation sites is 2. The van der Waals surface area contributed by atoms with E-state index in [9.17, 15) is 4.79 Å². The molecule has 0 bridgehead atoms. The molecule has 2 aromatic rings. The maximum absolute atomic E-state index is 10.9. The summed E-state index contributed by atoms with van der Waals surface area (Å²) in [6, 6.07) is 17.8. The average Bonchev–Trinajstić information content (AvgIpc) is 2.48. The Morgan fingerprint density at radius 1 is 1.00 bits per heavy atom. The van der Waals surface area contributed by atoms with E-state index in [1.165, 1.54) is 5.56 Å². The second-order valence-corrected chi connectivity index (χ2v) is 4.33. The highest BCUT2D eigenvalue weighted by Gasteiger charge is 2.18. The Bertz CT molecular complexity index is 620. The molecule has 0 amide bonds. The summed E-state index contributed by atoms with van der Waals surface area (Å²) in [5.74, 6) is 1.04. The van der Waals surface area contributed by atoms with Crippen LogP contribution in [0.5, 0.6) is 5.75 Å². The highest BCUT2D eigenvalue weighted by atomic mass is 16.5. The quantitative estimate of drug-likeness (QED) is 0.785. The van der Waals surface area contributed by atoms with Crippen LogP contribution in [0.4, 0.5) is 5.69 Å². The van der Waals surface area contributed by atoms with Crippen molar-refractivity contribution in [2.24, 2.45) is 0 Å². The molecule has 0 unspecified atom stereocenters. The van der Waals surface area contributed by atoms with Gasteiger partial charge in [-0.2, -0.15) is 0 Å². The van der Waals surface area contributed by atoms with E-state index < -0.39 is 0 Å². The first kappa shape index (κ1) is 11.5. The molecule has 1 heterocycles. The van der Waals surface area contributed by atoms with Crippen molar-refractivity contribution < 1.29 is 9.53 Å². The summed E-state index contributed by atoms with van der Waals surface area (Å²) in [6.45, 7) is 0.707. The van der Waals surface area contributed by atoms with E-state index in [4.69, 9.17) is 4.74 Å². The number of benzene rings is 2. The summed E-state index contributed by atoms with van der Waals surface area (Å²) in [4.78, 5) is 13.0. The standard InChI is InChI=1S/C16H13NO2/c18-12-14-11-17(10-13-6-2-1-3-7-13)15-8-4-5-9-16(15)19-14/h1-9,11-12H,10H2. The van der Waals surface area contributed by atoms with Gasteiger partial charge >= 0.3 is 0 Å². The number of hydrogen-bond acceptors (Lipinski definition) is 3. The second-order valence-electron chi connectivity index (χ2n) is 4.33. The zero-order valence-corrected chi connectivity index (χ0v) is 10.3. The smallest absolute Gasteiger partial charge is 0.186 e. The molecule has 94 valence electrons. The molecular formula is C16H13NO2. The minimum atomic E-state index is 0.328. The number of carbonyl (C=O) groups excluding carboxylic acids is 1. The topological polar surface area (TPSA) is 29.5 Å². The highest BCUT2D eigenvalue weighted by Crippen LogP contribution is 2.34. The molecule has 0 radical (unpaired) electrons. The number of nitrogens with zero attached hydrogens (tertiary/aromatic N) is 1. The van der Waals surface area contributed by atoms with E-state index in [-0.39, 0.29) is 0 Å². The van der Waals surface area contributed by atoms with Gasteiger partial charge in [0.15, 0.2) is 17.8 Å². The van der Waals surface area contributed by atoms with Gasteiger partial charge in [0.1, 0.15) is 0 Å². The van der Waals surface area contributed by atoms with Crippen LogP contribution in [-0.4, -0.2) is 6.29 Å². The summed E-state index contributed by atoms with van der Waals surface area (Å²) < 4.78 is 5.50. The Kier molecular flexibility index (Phi) is 3.02. The van der Waals surface area contributed by atoms with Crippen LogP contribution in [0.15, 0.2) is 66.6 Å². The van der Waals surface area contributed by atoms with Crippen LogP contribution in [0.2, 0.25) is 0 Å². The van der Waals surface area contributed by atoms with Gasteiger partial charge in [0.2, 0.25) is 0 Å². The van der Waals surface area contributed by atoms with Gasteiger partial charge in [-0.3, -0.25) is 4.79 Å². The van der Waals surface area contributed by atoms with Crippen LogP contribution >= 0.6 is 0 Å². The summed E-state index contributed by atoms with van der Waals surface area (Å²) in [7, 11) is 0. The molecule has 0 spiro atoms. The Labute approximate surface area is 111 Å². The number of anilines is 1. The third kappa shape index (κ3) is 2.36. The van der Waals surface area contributed by atoms with E-state index in [0.717, 1.165) is 12.0 Å². The van der Waals surface area contributed by atoms with Crippen LogP contribution in [0, 0.1) is 0 Å². The summed E-state index contributed by atoms with van der Waals surface area (Å²) in [5, 5.41) is 0. The van der Waals surface area contributed by atoms with Gasteiger partial charge in [-0.05, 0) is 17.7 Å². The number of ether oxygens (including phenoxy) is 1. The number of allylic oxidation sites excluding steroid dienone is 1. The van der Waals surface area contributed by atoms with E-state index in [0.29, 0.717) is 18.1 Å². The van der Waals surface area contributed by atoms with Gasteiger partial charge in [-0.1, -0.05) is 42.5 Å². The molecule has 19 heavy (non-hydrogen) atoms. The maximum atomic E-state index is 10.9. The van der Waals surface area contributed by atoms with Gasteiger partial charge in [0.25, 0.3) is 0 Å². The first-order chi connectivity index (χ1) is 9.36. The molecule has 1 aliphatic rings. The molecule has 0 fully saturated rings. The van der Waals surface area contributed by atoms with Crippen LogP contribution < -0.4 is 9.64 Å². The van der Waals surface area contributed by atoms with E-state index in [2.05, 4.69) is 12.1 Å². The van der Waals surface area contributed by atoms with Crippen molar-refractivity contribution in [1.29, 1.82) is 0 Å². The fourth-order valence-corrected chi connectivity index (χ4v) is 2.12. The number of hydrogen-bond donors (Lipinski definition) is 0. The molecule has 0 saturated carbocycles. The number of aldehydes is 1. The summed E-state index contributed by atoms with van der Waals surface area (Å²) in [6.07, 6.45) is 2.47. The highest BCUT2D eigenvalue weighted by molar-refractivity contribution is 5.76. The summed E-state index contributed by atoms with van der Waals surface area (Å²) >= 11 is 0. The molecule has 3 heteroatoms. The lowest BCUT2D eigenvalue weighted by molar-refractivity contribution is -0.106. The molecule has 0 aliphatic carbocycles. The van der Waals surface area contributed by atoms with Gasteiger partial charge in [0.05, 0.1) is 11.9 Å². The lowest BCUT2D eigenvalue weighted by Gasteiger charge is -2.27. The Hall–Kier alpha value is -2.55. The SMILES string of the molecule is O=CC1=CN(Cc2ccccc2)c2ccccc2O1. The first-order valence-electron chi connectivity index (χ1n) is 6.11. The van der Waals surface area contributed by atoms with Crippen LogP contribution in [0.25, 0.3) is 0 Å². The molecular weight excluding hydrogens is 238 g/mol. The van der Waals surface area contributed by atoms with Crippen molar-refractivity contribution in [2.45, 2.75) is 6.54 Å². The maximum Gasteiger partial charge on any atom is 0.186 e. The average molecular weight is 251 g/mol. The molecule has 1 aliphatic heterocycles. The second kappa shape index (κ2) is 4.98. The predicted octanol–water partition coefficient (Wildman–Crippen LogP) is 3.13. The molecule has 0 N–H and O–H groups in total. The van der Waals surface area contributed by atoms with Crippen molar-refractivity contribution in [3.05, 3.63) is 72.1 Å². The predicted molar refractivity (Wildman–Crippen MR) is 73.8 cm³/mol. The minimum Gasteiger partial charge on any atom is -0.450 e. The van der Waals surface area contributed by atoms with Crippen molar-refractivity contribution in [3.63, 3.8) is 0 Å². The largest absolute Gasteiger partial charge is 0.450 e. The summed E-state index contributed by atoms with van der Waals surface area (Å²) in [5.41, 5.74) is 2.15. The number of carbonyl (C=O) groups is 1. The van der Waals surface area contributed by atoms with Crippen molar-refractivity contribution in [1.82, 2.24) is 0 Å². The molecule has 0 atom stereocenters. The van der Waals surface area contributed by atoms with E-state index in [1.54, 1.807) is 6.20 Å². The van der Waals surface area contributed by atoms with Gasteiger partial charge in [0, 0.05) is 6.54 Å². The fourth-order valence-electron chi connectivity index (χ4n) is 2.12. The Balaban J connectivity index is 1.95. The van der Waals surface area contributed by atoms with Crippen LogP contribution in [0.3, 0.4) is 0 Å². The first-order valence-corrected chi connectivity index (χ1v) is 6.11. The van der Waals surface area contributed by atoms with Crippen LogP contribution in [0.1, 0.15) is 5.56 Å². The normalized spacial score (nSPS) is 13.3. The van der Waals surface area contributed by atoms with E-state index in [1.807, 2.05) is 47.4 Å². The third-order valence-corrected chi connectivity index (χ3v) is 3.00. The molecule has 0 aromatic heterocycles. The Morgan fingerprint density at radius 2 is 1.74 bits per heavy atom. The van der Waals surface area contributed by atoms with E-state index >= 15 is 0 Å². The van der Waals surface area contributed by atoms with Gasteiger partial charge in [-0.15, -0.1) is 0 Å². The third-order valence-electron chi connectivity index (χ3n) is 3.00. The molecule has 2 aromatic carbocycles. The zero-order chi connectivity index (χ0) is 13.1. The van der Waals surface area contributed by atoms with Gasteiger partial charge < -0.3 is 9.64 Å². The fraction of sp³-hybridized carbons (Fsp3) is 0.0625. The van der Waals surface area contributed by atoms with Crippen molar-refractivity contribution >= 4 is 12.0 Å². The molecule has 3 nitrogen and oxygen atoms in total.